The molecule has 0 saturated carbocycles. The molecule has 0 spiro atoms. The van der Waals surface area contributed by atoms with E-state index in [9.17, 15) is 14.9 Å². The van der Waals surface area contributed by atoms with Gasteiger partial charge in [0.25, 0.3) is 5.69 Å². The zero-order chi connectivity index (χ0) is 10.9. The van der Waals surface area contributed by atoms with Crippen molar-refractivity contribution >= 4 is 27.5 Å². The molecule has 6 heteroatoms. The summed E-state index contributed by atoms with van der Waals surface area (Å²) in [5.41, 5.74) is 5.61. The molecule has 0 radical (unpaired) electrons. The zero-order valence-electron chi connectivity index (χ0n) is 7.28. The highest BCUT2D eigenvalue weighted by Gasteiger charge is 2.17. The average Bonchev–Trinajstić information content (AvgIpc) is 2.08. The fourth-order valence-electron chi connectivity index (χ4n) is 1.03. The molecule has 0 aliphatic heterocycles. The lowest BCUT2D eigenvalue weighted by molar-refractivity contribution is -0.385. The van der Waals surface area contributed by atoms with Gasteiger partial charge in [-0.25, -0.2) is 0 Å². The number of halogens is 1. The van der Waals surface area contributed by atoms with Gasteiger partial charge in [0, 0.05) is 11.6 Å². The van der Waals surface area contributed by atoms with Gasteiger partial charge >= 0.3 is 0 Å². The SMILES string of the molecule is Cc1cc(C(N)=O)cc([N+](=O)[O-])c1Br. The summed E-state index contributed by atoms with van der Waals surface area (Å²) >= 11 is 3.07. The van der Waals surface area contributed by atoms with Gasteiger partial charge in [0.1, 0.15) is 0 Å². The van der Waals surface area contributed by atoms with Crippen LogP contribution in [0, 0.1) is 17.0 Å². The van der Waals surface area contributed by atoms with Crippen molar-refractivity contribution in [2.75, 3.05) is 0 Å². The maximum absolute atomic E-state index is 10.8. The first-order valence-electron chi connectivity index (χ1n) is 3.68. The minimum Gasteiger partial charge on any atom is -0.366 e. The largest absolute Gasteiger partial charge is 0.366 e. The number of amides is 1. The Hall–Kier alpha value is -1.43. The molecule has 74 valence electrons. The van der Waals surface area contributed by atoms with Gasteiger partial charge in [-0.05, 0) is 34.5 Å². The number of nitro groups is 1. The number of primary amides is 1. The number of carbonyl (C=O) groups is 1. The van der Waals surface area contributed by atoms with Crippen LogP contribution in [0.1, 0.15) is 15.9 Å². The van der Waals surface area contributed by atoms with Gasteiger partial charge in [0.05, 0.1) is 9.40 Å². The van der Waals surface area contributed by atoms with E-state index in [2.05, 4.69) is 15.9 Å². The maximum Gasteiger partial charge on any atom is 0.284 e. The van der Waals surface area contributed by atoms with Gasteiger partial charge in [-0.15, -0.1) is 0 Å². The van der Waals surface area contributed by atoms with E-state index < -0.39 is 10.8 Å². The number of nitro benzene ring substituents is 1. The van der Waals surface area contributed by atoms with Crippen molar-refractivity contribution in [2.24, 2.45) is 5.73 Å². The Labute approximate surface area is 88.2 Å². The highest BCUT2D eigenvalue weighted by molar-refractivity contribution is 9.10. The van der Waals surface area contributed by atoms with Crippen LogP contribution in [0.25, 0.3) is 0 Å². The molecule has 14 heavy (non-hydrogen) atoms. The molecule has 0 aliphatic carbocycles. The highest BCUT2D eigenvalue weighted by atomic mass is 79.9. The number of nitrogens with zero attached hydrogens (tertiary/aromatic N) is 1. The quantitative estimate of drug-likeness (QED) is 0.648. The van der Waals surface area contributed by atoms with Crippen molar-refractivity contribution in [3.63, 3.8) is 0 Å². The summed E-state index contributed by atoms with van der Waals surface area (Å²) in [6, 6.07) is 2.65. The smallest absolute Gasteiger partial charge is 0.284 e. The van der Waals surface area contributed by atoms with E-state index in [4.69, 9.17) is 5.73 Å². The molecule has 0 saturated heterocycles. The lowest BCUT2D eigenvalue weighted by atomic mass is 10.1. The topological polar surface area (TPSA) is 86.2 Å². The molecule has 0 atom stereocenters. The third-order valence-corrected chi connectivity index (χ3v) is 2.75. The van der Waals surface area contributed by atoms with Crippen LogP contribution in [0.15, 0.2) is 16.6 Å². The standard InChI is InChI=1S/C8H7BrN2O3/c1-4-2-5(8(10)12)3-6(7(4)9)11(13)14/h2-3H,1H3,(H2,10,12). The third kappa shape index (κ3) is 1.90. The van der Waals surface area contributed by atoms with Gasteiger partial charge in [-0.3, -0.25) is 14.9 Å². The molecule has 0 bridgehead atoms. The summed E-state index contributed by atoms with van der Waals surface area (Å²) < 4.78 is 0.368. The van der Waals surface area contributed by atoms with Gasteiger partial charge in [0.2, 0.25) is 5.91 Å². The second kappa shape index (κ2) is 3.75. The first kappa shape index (κ1) is 10.6. The molecular weight excluding hydrogens is 252 g/mol. The average molecular weight is 259 g/mol. The van der Waals surface area contributed by atoms with E-state index in [0.717, 1.165) is 6.07 Å². The Morgan fingerprint density at radius 1 is 1.57 bits per heavy atom. The number of carbonyl (C=O) groups excluding carboxylic acids is 1. The zero-order valence-corrected chi connectivity index (χ0v) is 8.87. The van der Waals surface area contributed by atoms with E-state index in [1.807, 2.05) is 0 Å². The molecule has 1 aromatic carbocycles. The summed E-state index contributed by atoms with van der Waals surface area (Å²) in [7, 11) is 0. The van der Waals surface area contributed by atoms with Crippen LogP contribution in [0.3, 0.4) is 0 Å². The number of hydrogen-bond donors (Lipinski definition) is 1. The highest BCUT2D eigenvalue weighted by Crippen LogP contribution is 2.29. The first-order chi connectivity index (χ1) is 6.43. The van der Waals surface area contributed by atoms with Crippen molar-refractivity contribution in [3.8, 4) is 0 Å². The van der Waals surface area contributed by atoms with Crippen molar-refractivity contribution in [1.82, 2.24) is 0 Å². The molecule has 0 fully saturated rings. The second-order valence-electron chi connectivity index (χ2n) is 2.75. The molecule has 0 unspecified atom stereocenters. The number of aryl methyl sites for hydroxylation is 1. The Balaban J connectivity index is 3.43. The normalized spacial score (nSPS) is 9.86. The predicted molar refractivity (Wildman–Crippen MR) is 54.1 cm³/mol. The Morgan fingerprint density at radius 2 is 2.14 bits per heavy atom. The minimum atomic E-state index is -0.677. The van der Waals surface area contributed by atoms with E-state index in [0.29, 0.717) is 10.0 Å². The Kier molecular flexibility index (Phi) is 2.85. The summed E-state index contributed by atoms with van der Waals surface area (Å²) in [6.45, 7) is 1.66. The molecule has 0 aliphatic rings. The summed E-state index contributed by atoms with van der Waals surface area (Å²) in [6.07, 6.45) is 0. The van der Waals surface area contributed by atoms with E-state index >= 15 is 0 Å². The molecule has 1 amide bonds. The molecular formula is C8H7BrN2O3. The minimum absolute atomic E-state index is 0.136. The van der Waals surface area contributed by atoms with Crippen molar-refractivity contribution in [1.29, 1.82) is 0 Å². The van der Waals surface area contributed by atoms with E-state index in [1.165, 1.54) is 6.07 Å². The van der Waals surface area contributed by atoms with Crippen LogP contribution in [-0.4, -0.2) is 10.8 Å². The number of rotatable bonds is 2. The van der Waals surface area contributed by atoms with Gasteiger partial charge in [-0.1, -0.05) is 0 Å². The summed E-state index contributed by atoms with van der Waals surface area (Å²) in [5.74, 6) is -0.677. The summed E-state index contributed by atoms with van der Waals surface area (Å²) in [4.78, 5) is 20.8. The lowest BCUT2D eigenvalue weighted by Gasteiger charge is -2.02. The van der Waals surface area contributed by atoms with Crippen molar-refractivity contribution < 1.29 is 9.72 Å². The molecule has 1 aromatic rings. The van der Waals surface area contributed by atoms with Crippen LogP contribution in [0.5, 0.6) is 0 Å². The number of benzene rings is 1. The number of hydrogen-bond acceptors (Lipinski definition) is 3. The van der Waals surface area contributed by atoms with Crippen LogP contribution < -0.4 is 5.73 Å². The second-order valence-corrected chi connectivity index (χ2v) is 3.54. The van der Waals surface area contributed by atoms with Gasteiger partial charge in [-0.2, -0.15) is 0 Å². The monoisotopic (exact) mass is 258 g/mol. The molecule has 0 heterocycles. The van der Waals surface area contributed by atoms with Gasteiger partial charge in [0.15, 0.2) is 0 Å². The lowest BCUT2D eigenvalue weighted by Crippen LogP contribution is -2.11. The van der Waals surface area contributed by atoms with E-state index in [-0.39, 0.29) is 11.3 Å². The summed E-state index contributed by atoms with van der Waals surface area (Å²) in [5, 5.41) is 10.6. The third-order valence-electron chi connectivity index (χ3n) is 1.72. The van der Waals surface area contributed by atoms with Crippen LogP contribution in [0.4, 0.5) is 5.69 Å². The molecule has 1 rings (SSSR count). The van der Waals surface area contributed by atoms with E-state index in [1.54, 1.807) is 6.92 Å². The molecule has 2 N–H and O–H groups in total. The Bertz CT molecular complexity index is 417. The molecule has 0 aromatic heterocycles. The van der Waals surface area contributed by atoms with Crippen LogP contribution >= 0.6 is 15.9 Å². The first-order valence-corrected chi connectivity index (χ1v) is 4.47. The maximum atomic E-state index is 10.8. The predicted octanol–water partition coefficient (Wildman–Crippen LogP) is 1.76. The van der Waals surface area contributed by atoms with Crippen LogP contribution in [0.2, 0.25) is 0 Å². The van der Waals surface area contributed by atoms with Crippen molar-refractivity contribution in [2.45, 2.75) is 6.92 Å². The van der Waals surface area contributed by atoms with Crippen molar-refractivity contribution in [3.05, 3.63) is 37.8 Å². The fourth-order valence-corrected chi connectivity index (χ4v) is 1.40. The van der Waals surface area contributed by atoms with Gasteiger partial charge < -0.3 is 5.73 Å². The fraction of sp³-hybridized carbons (Fsp3) is 0.125. The number of nitrogens with two attached hydrogens (primary N) is 1. The Morgan fingerprint density at radius 3 is 2.57 bits per heavy atom. The van der Waals surface area contributed by atoms with Crippen LogP contribution in [-0.2, 0) is 0 Å². The molecule has 5 nitrogen and oxygen atoms in total.